The molecule has 20 heavy (non-hydrogen) atoms. The fourth-order valence-corrected chi connectivity index (χ4v) is 1.85. The van der Waals surface area contributed by atoms with Crippen LogP contribution >= 0.6 is 0 Å². The van der Waals surface area contributed by atoms with Gasteiger partial charge in [-0.1, -0.05) is 36.4 Å². The molecule has 3 rings (SSSR count). The molecule has 3 nitrogen and oxygen atoms in total. The summed E-state index contributed by atoms with van der Waals surface area (Å²) in [6, 6.07) is 18.0. The van der Waals surface area contributed by atoms with Crippen LogP contribution in [0.1, 0.15) is 5.56 Å². The fourth-order valence-electron chi connectivity index (χ4n) is 1.85. The molecule has 0 unspecified atom stereocenters. The maximum atomic E-state index is 5.75. The zero-order valence-corrected chi connectivity index (χ0v) is 11.1. The van der Waals surface area contributed by atoms with Crippen molar-refractivity contribution in [2.24, 2.45) is 0 Å². The lowest BCUT2D eigenvalue weighted by atomic mass is 10.2. The van der Waals surface area contributed by atoms with Crippen LogP contribution in [-0.2, 0) is 11.2 Å². The quantitative estimate of drug-likeness (QED) is 0.769. The second-order valence-corrected chi connectivity index (χ2v) is 4.55. The van der Waals surface area contributed by atoms with E-state index < -0.39 is 0 Å². The van der Waals surface area contributed by atoms with E-state index in [-0.39, 0.29) is 0 Å². The Kier molecular flexibility index (Phi) is 3.88. The molecule has 0 radical (unpaired) electrons. The minimum absolute atomic E-state index is 0.480. The number of benzene rings is 2. The third-order valence-corrected chi connectivity index (χ3v) is 2.97. The van der Waals surface area contributed by atoms with Gasteiger partial charge in [-0.3, -0.25) is 0 Å². The highest BCUT2D eigenvalue weighted by atomic mass is 16.6. The third kappa shape index (κ3) is 3.79. The first kappa shape index (κ1) is 12.6. The van der Waals surface area contributed by atoms with Crippen LogP contribution in [0.5, 0.6) is 11.5 Å². The topological polar surface area (TPSA) is 31.0 Å². The largest absolute Gasteiger partial charge is 0.493 e. The van der Waals surface area contributed by atoms with Crippen molar-refractivity contribution in [3.05, 3.63) is 72.2 Å². The summed E-state index contributed by atoms with van der Waals surface area (Å²) in [6.07, 6.45) is 2.58. The van der Waals surface area contributed by atoms with Crippen LogP contribution < -0.4 is 9.47 Å². The average Bonchev–Trinajstić information content (AvgIpc) is 3.31. The fraction of sp³-hybridized carbons (Fsp3) is 0.176. The first-order valence-electron chi connectivity index (χ1n) is 6.65. The van der Waals surface area contributed by atoms with Gasteiger partial charge >= 0.3 is 0 Å². The van der Waals surface area contributed by atoms with Gasteiger partial charge in [0.15, 0.2) is 5.76 Å². The summed E-state index contributed by atoms with van der Waals surface area (Å²) >= 11 is 0. The van der Waals surface area contributed by atoms with Crippen molar-refractivity contribution < 1.29 is 14.2 Å². The summed E-state index contributed by atoms with van der Waals surface area (Å²) in [6.45, 7) is 1.13. The van der Waals surface area contributed by atoms with Crippen molar-refractivity contribution in [2.75, 3.05) is 13.2 Å². The first-order chi connectivity index (χ1) is 9.90. The van der Waals surface area contributed by atoms with Gasteiger partial charge < -0.3 is 14.2 Å². The van der Waals surface area contributed by atoms with Crippen LogP contribution in [-0.4, -0.2) is 13.2 Å². The molecule has 0 fully saturated rings. The molecule has 0 aromatic heterocycles. The molecule has 0 bridgehead atoms. The molecular formula is C17H16O3. The molecule has 0 aliphatic carbocycles. The maximum absolute atomic E-state index is 5.75. The Labute approximate surface area is 118 Å². The van der Waals surface area contributed by atoms with E-state index in [1.807, 2.05) is 42.5 Å². The van der Waals surface area contributed by atoms with E-state index in [2.05, 4.69) is 12.1 Å². The standard InChI is InChI=1S/C17H16O3/c1-2-5-14(6-3-1)9-10-18-15-7-4-8-16(11-15)19-12-17-13-20-17/h1-8,11,13H,9-10,12H2. The van der Waals surface area contributed by atoms with Crippen LogP contribution in [0.25, 0.3) is 0 Å². The smallest absolute Gasteiger partial charge is 0.176 e. The van der Waals surface area contributed by atoms with Crippen LogP contribution in [0.15, 0.2) is 66.6 Å². The predicted octanol–water partition coefficient (Wildman–Crippen LogP) is 3.56. The summed E-state index contributed by atoms with van der Waals surface area (Å²) in [7, 11) is 0. The van der Waals surface area contributed by atoms with Gasteiger partial charge in [0.1, 0.15) is 24.4 Å². The van der Waals surface area contributed by atoms with E-state index in [1.54, 1.807) is 6.26 Å². The molecule has 2 aromatic rings. The van der Waals surface area contributed by atoms with E-state index in [9.17, 15) is 0 Å². The van der Waals surface area contributed by atoms with Crippen molar-refractivity contribution in [1.82, 2.24) is 0 Å². The molecule has 1 aliphatic rings. The van der Waals surface area contributed by atoms with E-state index in [0.717, 1.165) is 23.7 Å². The molecule has 0 saturated carbocycles. The molecule has 1 heterocycles. The molecular weight excluding hydrogens is 252 g/mol. The molecule has 1 aliphatic heterocycles. The van der Waals surface area contributed by atoms with Crippen molar-refractivity contribution >= 4 is 0 Å². The minimum atomic E-state index is 0.480. The Hall–Kier alpha value is -2.42. The predicted molar refractivity (Wildman–Crippen MR) is 76.7 cm³/mol. The molecule has 0 saturated heterocycles. The molecule has 0 amide bonds. The Morgan fingerprint density at radius 2 is 1.60 bits per heavy atom. The SMILES string of the molecule is C1=C(COc2cccc(OCCc3ccccc3)c2)O1. The first-order valence-corrected chi connectivity index (χ1v) is 6.65. The lowest BCUT2D eigenvalue weighted by molar-refractivity contribution is 0.304. The van der Waals surface area contributed by atoms with Gasteiger partial charge in [-0.15, -0.1) is 0 Å². The van der Waals surface area contributed by atoms with Crippen molar-refractivity contribution in [2.45, 2.75) is 6.42 Å². The monoisotopic (exact) mass is 268 g/mol. The van der Waals surface area contributed by atoms with Crippen LogP contribution in [0.4, 0.5) is 0 Å². The third-order valence-electron chi connectivity index (χ3n) is 2.97. The van der Waals surface area contributed by atoms with Crippen molar-refractivity contribution in [1.29, 1.82) is 0 Å². The summed E-state index contributed by atoms with van der Waals surface area (Å²) in [5.74, 6) is 2.49. The van der Waals surface area contributed by atoms with E-state index in [0.29, 0.717) is 13.2 Å². The van der Waals surface area contributed by atoms with Gasteiger partial charge in [-0.25, -0.2) is 0 Å². The lowest BCUT2D eigenvalue weighted by Crippen LogP contribution is -2.01. The zero-order chi connectivity index (χ0) is 13.6. The Morgan fingerprint density at radius 1 is 0.850 bits per heavy atom. The van der Waals surface area contributed by atoms with E-state index in [1.165, 1.54) is 5.56 Å². The average molecular weight is 268 g/mol. The number of hydrogen-bond acceptors (Lipinski definition) is 3. The van der Waals surface area contributed by atoms with Crippen molar-refractivity contribution in [3.8, 4) is 11.5 Å². The summed E-state index contributed by atoms with van der Waals surface area (Å²) < 4.78 is 16.2. The van der Waals surface area contributed by atoms with Crippen LogP contribution in [0, 0.1) is 0 Å². The number of rotatable bonds is 7. The maximum Gasteiger partial charge on any atom is 0.176 e. The second-order valence-electron chi connectivity index (χ2n) is 4.55. The number of ether oxygens (including phenoxy) is 3. The van der Waals surface area contributed by atoms with Gasteiger partial charge in [-0.05, 0) is 17.7 Å². The molecule has 0 N–H and O–H groups in total. The highest BCUT2D eigenvalue weighted by molar-refractivity contribution is 5.33. The molecule has 3 heteroatoms. The minimum Gasteiger partial charge on any atom is -0.493 e. The van der Waals surface area contributed by atoms with Crippen LogP contribution in [0.2, 0.25) is 0 Å². The van der Waals surface area contributed by atoms with Gasteiger partial charge in [-0.2, -0.15) is 0 Å². The number of hydrogen-bond donors (Lipinski definition) is 0. The zero-order valence-electron chi connectivity index (χ0n) is 11.1. The lowest BCUT2D eigenvalue weighted by Gasteiger charge is -2.08. The van der Waals surface area contributed by atoms with Crippen molar-refractivity contribution in [3.63, 3.8) is 0 Å². The summed E-state index contributed by atoms with van der Waals surface area (Å²) in [4.78, 5) is 0. The molecule has 102 valence electrons. The van der Waals surface area contributed by atoms with E-state index >= 15 is 0 Å². The highest BCUT2D eigenvalue weighted by Crippen LogP contribution is 2.22. The molecule has 0 atom stereocenters. The Bertz CT molecular complexity index is 590. The second kappa shape index (κ2) is 6.15. The highest BCUT2D eigenvalue weighted by Gasteiger charge is 2.10. The molecule has 2 aromatic carbocycles. The summed E-state index contributed by atoms with van der Waals surface area (Å²) in [5.41, 5.74) is 1.28. The normalized spacial score (nSPS) is 12.3. The Balaban J connectivity index is 1.49. The van der Waals surface area contributed by atoms with Gasteiger partial charge in [0.25, 0.3) is 0 Å². The van der Waals surface area contributed by atoms with E-state index in [4.69, 9.17) is 14.2 Å². The van der Waals surface area contributed by atoms with Gasteiger partial charge in [0.2, 0.25) is 0 Å². The Morgan fingerprint density at radius 3 is 2.35 bits per heavy atom. The van der Waals surface area contributed by atoms with Gasteiger partial charge in [0.05, 0.1) is 6.61 Å². The summed E-state index contributed by atoms with van der Waals surface area (Å²) in [5, 5.41) is 0. The molecule has 0 spiro atoms. The van der Waals surface area contributed by atoms with Gasteiger partial charge in [0, 0.05) is 12.5 Å². The van der Waals surface area contributed by atoms with Crippen LogP contribution in [0.3, 0.4) is 0 Å².